The summed E-state index contributed by atoms with van der Waals surface area (Å²) in [7, 11) is 0. The molecule has 1 aliphatic rings. The average molecular weight is 433 g/mol. The van der Waals surface area contributed by atoms with E-state index in [9.17, 15) is 9.59 Å². The minimum atomic E-state index is -0.130. The van der Waals surface area contributed by atoms with E-state index in [0.29, 0.717) is 44.0 Å². The topological polar surface area (TPSA) is 76.5 Å². The molecule has 2 heterocycles. The second-order valence-corrected chi connectivity index (χ2v) is 8.06. The number of piperidine rings is 1. The minimum Gasteiger partial charge on any atom is -0.484 e. The minimum absolute atomic E-state index is 0.0127. The molecular weight excluding hydrogens is 404 g/mol. The van der Waals surface area contributed by atoms with E-state index in [-0.39, 0.29) is 24.3 Å². The van der Waals surface area contributed by atoms with E-state index >= 15 is 0 Å². The zero-order valence-corrected chi connectivity index (χ0v) is 18.2. The van der Waals surface area contributed by atoms with Crippen molar-refractivity contribution in [1.29, 1.82) is 0 Å². The molecule has 2 aromatic carbocycles. The zero-order valence-electron chi connectivity index (χ0n) is 18.2. The second-order valence-electron chi connectivity index (χ2n) is 8.06. The van der Waals surface area contributed by atoms with Crippen LogP contribution in [0.3, 0.4) is 0 Å². The number of aryl methyl sites for hydroxylation is 1. The van der Waals surface area contributed by atoms with Gasteiger partial charge >= 0.3 is 0 Å². The maximum atomic E-state index is 12.9. The van der Waals surface area contributed by atoms with E-state index in [1.807, 2.05) is 78.3 Å². The van der Waals surface area contributed by atoms with Crippen molar-refractivity contribution in [3.8, 4) is 5.75 Å². The van der Waals surface area contributed by atoms with Crippen molar-refractivity contribution < 1.29 is 14.3 Å². The molecule has 166 valence electrons. The number of benzene rings is 2. The van der Waals surface area contributed by atoms with Crippen LogP contribution in [0.2, 0.25) is 0 Å². The number of hydrogen-bond acceptors (Lipinski definition) is 4. The molecule has 1 fully saturated rings. The maximum absolute atomic E-state index is 12.9. The van der Waals surface area contributed by atoms with Gasteiger partial charge in [0.05, 0.1) is 12.2 Å². The number of carbonyl (C=O) groups excluding carboxylic acids is 2. The highest BCUT2D eigenvalue weighted by atomic mass is 16.5. The van der Waals surface area contributed by atoms with Crippen molar-refractivity contribution in [2.45, 2.75) is 26.3 Å². The molecule has 4 rings (SSSR count). The number of anilines is 1. The second kappa shape index (κ2) is 10.1. The maximum Gasteiger partial charge on any atom is 0.260 e. The summed E-state index contributed by atoms with van der Waals surface area (Å²) in [5.74, 6) is 1.18. The average Bonchev–Trinajstić information content (AvgIpc) is 3.17. The number of likely N-dealkylation sites (tertiary alicyclic amines) is 1. The molecule has 0 aliphatic carbocycles. The summed E-state index contributed by atoms with van der Waals surface area (Å²) in [6, 6.07) is 21.2. The van der Waals surface area contributed by atoms with E-state index in [2.05, 4.69) is 10.4 Å². The fraction of sp³-hybridized carbons (Fsp3) is 0.320. The fourth-order valence-corrected chi connectivity index (χ4v) is 3.90. The molecule has 0 atom stereocenters. The van der Waals surface area contributed by atoms with E-state index < -0.39 is 0 Å². The van der Waals surface area contributed by atoms with Gasteiger partial charge in [0.15, 0.2) is 6.61 Å². The van der Waals surface area contributed by atoms with E-state index in [1.54, 1.807) is 4.90 Å². The van der Waals surface area contributed by atoms with Crippen molar-refractivity contribution in [3.05, 3.63) is 78.0 Å². The van der Waals surface area contributed by atoms with Gasteiger partial charge in [0.1, 0.15) is 11.6 Å². The number of aromatic nitrogens is 2. The summed E-state index contributed by atoms with van der Waals surface area (Å²) >= 11 is 0. The molecule has 1 saturated heterocycles. The first-order valence-electron chi connectivity index (χ1n) is 10.9. The summed E-state index contributed by atoms with van der Waals surface area (Å²) in [6.45, 7) is 3.63. The van der Waals surface area contributed by atoms with Crippen LogP contribution < -0.4 is 10.1 Å². The van der Waals surface area contributed by atoms with Gasteiger partial charge in [-0.05, 0) is 37.5 Å². The Bertz CT molecular complexity index is 1040. The molecule has 3 aromatic rings. The summed E-state index contributed by atoms with van der Waals surface area (Å²) in [5, 5.41) is 7.57. The van der Waals surface area contributed by atoms with E-state index in [0.717, 1.165) is 11.3 Å². The quantitative estimate of drug-likeness (QED) is 0.620. The summed E-state index contributed by atoms with van der Waals surface area (Å²) in [5.41, 5.74) is 1.98. The third-order valence-corrected chi connectivity index (χ3v) is 5.65. The largest absolute Gasteiger partial charge is 0.484 e. The third-order valence-electron chi connectivity index (χ3n) is 5.65. The van der Waals surface area contributed by atoms with Crippen LogP contribution in [0.1, 0.15) is 24.1 Å². The van der Waals surface area contributed by atoms with Crippen molar-refractivity contribution in [2.75, 3.05) is 25.0 Å². The molecule has 0 spiro atoms. The van der Waals surface area contributed by atoms with E-state index in [4.69, 9.17) is 4.74 Å². The molecule has 0 radical (unpaired) electrons. The normalized spacial score (nSPS) is 14.2. The van der Waals surface area contributed by atoms with Crippen LogP contribution >= 0.6 is 0 Å². The Morgan fingerprint density at radius 1 is 1.03 bits per heavy atom. The Kier molecular flexibility index (Phi) is 6.84. The first-order valence-corrected chi connectivity index (χ1v) is 10.9. The number of para-hydroxylation sites is 1. The number of ether oxygens (including phenoxy) is 1. The predicted molar refractivity (Wildman–Crippen MR) is 122 cm³/mol. The Hall–Kier alpha value is -3.61. The highest BCUT2D eigenvalue weighted by Gasteiger charge is 2.28. The molecule has 0 unspecified atom stereocenters. The SMILES string of the molecule is Cc1cc(NC(=O)C2CCN(C(=O)COc3ccccc3)CC2)n(Cc2ccccc2)n1. The predicted octanol–water partition coefficient (Wildman–Crippen LogP) is 3.50. The molecular formula is C25H28N4O3. The highest BCUT2D eigenvalue weighted by molar-refractivity contribution is 5.92. The molecule has 1 N–H and O–H groups in total. The molecule has 7 nitrogen and oxygen atoms in total. The molecule has 0 bridgehead atoms. The zero-order chi connectivity index (χ0) is 22.3. The lowest BCUT2D eigenvalue weighted by Crippen LogP contribution is -2.43. The highest BCUT2D eigenvalue weighted by Crippen LogP contribution is 2.21. The van der Waals surface area contributed by atoms with Gasteiger partial charge in [0, 0.05) is 25.1 Å². The van der Waals surface area contributed by atoms with Crippen LogP contribution in [0.5, 0.6) is 5.75 Å². The van der Waals surface area contributed by atoms with Crippen molar-refractivity contribution in [1.82, 2.24) is 14.7 Å². The van der Waals surface area contributed by atoms with Crippen molar-refractivity contribution in [2.24, 2.45) is 5.92 Å². The molecule has 2 amide bonds. The van der Waals surface area contributed by atoms with Crippen LogP contribution in [0.4, 0.5) is 5.82 Å². The Labute approximate surface area is 188 Å². The van der Waals surface area contributed by atoms with Gasteiger partial charge in [0.25, 0.3) is 5.91 Å². The number of hydrogen-bond donors (Lipinski definition) is 1. The third kappa shape index (κ3) is 5.55. The van der Waals surface area contributed by atoms with Crippen LogP contribution in [0.25, 0.3) is 0 Å². The van der Waals surface area contributed by atoms with Gasteiger partial charge in [-0.1, -0.05) is 48.5 Å². The van der Waals surface area contributed by atoms with Gasteiger partial charge in [-0.15, -0.1) is 0 Å². The molecule has 1 aliphatic heterocycles. The van der Waals surface area contributed by atoms with Gasteiger partial charge < -0.3 is 15.0 Å². The first kappa shape index (κ1) is 21.6. The van der Waals surface area contributed by atoms with Gasteiger partial charge in [0.2, 0.25) is 5.91 Å². The van der Waals surface area contributed by atoms with E-state index in [1.165, 1.54) is 0 Å². The summed E-state index contributed by atoms with van der Waals surface area (Å²) < 4.78 is 7.38. The number of amides is 2. The van der Waals surface area contributed by atoms with Crippen molar-refractivity contribution in [3.63, 3.8) is 0 Å². The van der Waals surface area contributed by atoms with Crippen LogP contribution in [-0.4, -0.2) is 46.2 Å². The van der Waals surface area contributed by atoms with Crippen LogP contribution in [0.15, 0.2) is 66.7 Å². The number of carbonyl (C=O) groups is 2. The standard InChI is InChI=1S/C25H28N4O3/c1-19-16-23(29(27-19)17-20-8-4-2-5-9-20)26-25(31)21-12-14-28(15-13-21)24(30)18-32-22-10-6-3-7-11-22/h2-11,16,21H,12-15,17-18H2,1H3,(H,26,31). The fourth-order valence-electron chi connectivity index (χ4n) is 3.90. The summed E-state index contributed by atoms with van der Waals surface area (Å²) in [6.07, 6.45) is 1.27. The van der Waals surface area contributed by atoms with Gasteiger partial charge in [-0.2, -0.15) is 5.10 Å². The molecule has 1 aromatic heterocycles. The summed E-state index contributed by atoms with van der Waals surface area (Å²) in [4.78, 5) is 27.1. The Morgan fingerprint density at radius 3 is 2.38 bits per heavy atom. The Balaban J connectivity index is 1.28. The lowest BCUT2D eigenvalue weighted by Gasteiger charge is -2.31. The van der Waals surface area contributed by atoms with Crippen LogP contribution in [0, 0.1) is 12.8 Å². The first-order chi connectivity index (χ1) is 15.6. The lowest BCUT2D eigenvalue weighted by atomic mass is 9.96. The smallest absolute Gasteiger partial charge is 0.260 e. The molecule has 0 saturated carbocycles. The van der Waals surface area contributed by atoms with Crippen molar-refractivity contribution >= 4 is 17.6 Å². The lowest BCUT2D eigenvalue weighted by molar-refractivity contribution is -0.136. The molecule has 7 heteroatoms. The number of nitrogens with zero attached hydrogens (tertiary/aromatic N) is 3. The molecule has 32 heavy (non-hydrogen) atoms. The number of nitrogens with one attached hydrogen (secondary N) is 1. The number of rotatable bonds is 7. The van der Waals surface area contributed by atoms with Gasteiger partial charge in [-0.25, -0.2) is 4.68 Å². The van der Waals surface area contributed by atoms with Gasteiger partial charge in [-0.3, -0.25) is 9.59 Å². The van der Waals surface area contributed by atoms with Crippen LogP contribution in [-0.2, 0) is 16.1 Å². The monoisotopic (exact) mass is 432 g/mol. The Morgan fingerprint density at radius 2 is 1.69 bits per heavy atom.